The first kappa shape index (κ1) is 15.1. The van der Waals surface area contributed by atoms with E-state index in [0.717, 1.165) is 18.0 Å². The number of benzene rings is 1. The quantitative estimate of drug-likeness (QED) is 0.908. The maximum atomic E-state index is 12.1. The lowest BCUT2D eigenvalue weighted by molar-refractivity contribution is -0.121. The number of amides is 1. The standard InChI is InChI=1S/C15H21ClN2O2/c1-10(2)17-7-11(3)8-18-13-6-12(16)4-5-14(13)20-9-15(18)19/h4-6,10-11,17H,7-9H2,1-3H3. The van der Waals surface area contributed by atoms with E-state index >= 15 is 0 Å². The number of ether oxygens (including phenoxy) is 1. The van der Waals surface area contributed by atoms with Crippen LogP contribution < -0.4 is 15.0 Å². The van der Waals surface area contributed by atoms with Gasteiger partial charge in [-0.1, -0.05) is 32.4 Å². The van der Waals surface area contributed by atoms with Crippen LogP contribution in [0.5, 0.6) is 5.75 Å². The Morgan fingerprint density at radius 2 is 2.15 bits per heavy atom. The molecule has 0 bridgehead atoms. The maximum absolute atomic E-state index is 12.1. The van der Waals surface area contributed by atoms with Crippen molar-refractivity contribution < 1.29 is 9.53 Å². The van der Waals surface area contributed by atoms with Gasteiger partial charge in [-0.3, -0.25) is 4.79 Å². The summed E-state index contributed by atoms with van der Waals surface area (Å²) >= 11 is 6.02. The highest BCUT2D eigenvalue weighted by Gasteiger charge is 2.26. The van der Waals surface area contributed by atoms with Gasteiger partial charge in [0.15, 0.2) is 6.61 Å². The molecule has 0 saturated carbocycles. The summed E-state index contributed by atoms with van der Waals surface area (Å²) in [6.45, 7) is 7.98. The molecule has 0 spiro atoms. The minimum atomic E-state index is -0.0174. The molecule has 0 radical (unpaired) electrons. The summed E-state index contributed by atoms with van der Waals surface area (Å²) in [4.78, 5) is 13.9. The predicted octanol–water partition coefficient (Wildman–Crippen LogP) is 2.70. The zero-order valence-electron chi connectivity index (χ0n) is 12.1. The summed E-state index contributed by atoms with van der Waals surface area (Å²) in [5.74, 6) is 1.06. The van der Waals surface area contributed by atoms with Crippen molar-refractivity contribution in [1.82, 2.24) is 5.32 Å². The summed E-state index contributed by atoms with van der Waals surface area (Å²) in [6, 6.07) is 5.82. The van der Waals surface area contributed by atoms with Gasteiger partial charge in [-0.25, -0.2) is 0 Å². The lowest BCUT2D eigenvalue weighted by atomic mass is 10.1. The number of nitrogens with zero attached hydrogens (tertiary/aromatic N) is 1. The lowest BCUT2D eigenvalue weighted by Gasteiger charge is -2.31. The van der Waals surface area contributed by atoms with Crippen molar-refractivity contribution in [2.75, 3.05) is 24.6 Å². The maximum Gasteiger partial charge on any atom is 0.265 e. The molecular weight excluding hydrogens is 276 g/mol. The minimum Gasteiger partial charge on any atom is -0.482 e. The second-order valence-electron chi connectivity index (χ2n) is 5.57. The highest BCUT2D eigenvalue weighted by molar-refractivity contribution is 6.31. The normalized spacial score (nSPS) is 16.1. The van der Waals surface area contributed by atoms with Crippen LogP contribution in [0.15, 0.2) is 18.2 Å². The van der Waals surface area contributed by atoms with Crippen LogP contribution in [0.2, 0.25) is 5.02 Å². The van der Waals surface area contributed by atoms with Gasteiger partial charge in [-0.05, 0) is 30.7 Å². The van der Waals surface area contributed by atoms with Crippen LogP contribution in [-0.2, 0) is 4.79 Å². The molecule has 4 nitrogen and oxygen atoms in total. The Labute approximate surface area is 125 Å². The SMILES string of the molecule is CC(CNC(C)C)CN1C(=O)COc2ccc(Cl)cc21. The number of carbonyl (C=O) groups is 1. The van der Waals surface area contributed by atoms with Gasteiger partial charge in [0.25, 0.3) is 5.91 Å². The fraction of sp³-hybridized carbons (Fsp3) is 0.533. The van der Waals surface area contributed by atoms with Crippen molar-refractivity contribution >= 4 is 23.2 Å². The summed E-state index contributed by atoms with van der Waals surface area (Å²) < 4.78 is 5.44. The van der Waals surface area contributed by atoms with Crippen molar-refractivity contribution in [1.29, 1.82) is 0 Å². The third kappa shape index (κ3) is 3.64. The molecule has 110 valence electrons. The lowest BCUT2D eigenvalue weighted by Crippen LogP contribution is -2.43. The zero-order valence-corrected chi connectivity index (χ0v) is 12.9. The first-order valence-electron chi connectivity index (χ1n) is 6.93. The largest absolute Gasteiger partial charge is 0.482 e. The number of carbonyl (C=O) groups excluding carboxylic acids is 1. The monoisotopic (exact) mass is 296 g/mol. The smallest absolute Gasteiger partial charge is 0.265 e. The Morgan fingerprint density at radius 1 is 1.40 bits per heavy atom. The fourth-order valence-electron chi connectivity index (χ4n) is 2.19. The van der Waals surface area contributed by atoms with E-state index in [0.29, 0.717) is 23.5 Å². The number of anilines is 1. The van der Waals surface area contributed by atoms with Crippen LogP contribution >= 0.6 is 11.6 Å². The highest BCUT2D eigenvalue weighted by Crippen LogP contribution is 2.34. The van der Waals surface area contributed by atoms with Gasteiger partial charge in [-0.2, -0.15) is 0 Å². The Hall–Kier alpha value is -1.26. The van der Waals surface area contributed by atoms with E-state index in [9.17, 15) is 4.79 Å². The predicted molar refractivity (Wildman–Crippen MR) is 81.6 cm³/mol. The first-order valence-corrected chi connectivity index (χ1v) is 7.31. The molecule has 1 aromatic carbocycles. The van der Waals surface area contributed by atoms with E-state index in [2.05, 4.69) is 26.1 Å². The number of nitrogens with one attached hydrogen (secondary N) is 1. The second-order valence-corrected chi connectivity index (χ2v) is 6.01. The van der Waals surface area contributed by atoms with Crippen LogP contribution in [0.4, 0.5) is 5.69 Å². The molecule has 0 fully saturated rings. The number of hydrogen-bond acceptors (Lipinski definition) is 3. The Morgan fingerprint density at radius 3 is 2.85 bits per heavy atom. The van der Waals surface area contributed by atoms with Gasteiger partial charge in [-0.15, -0.1) is 0 Å². The number of hydrogen-bond donors (Lipinski definition) is 1. The minimum absolute atomic E-state index is 0.0174. The number of rotatable bonds is 5. The third-order valence-electron chi connectivity index (χ3n) is 3.23. The van der Waals surface area contributed by atoms with Gasteiger partial charge in [0.05, 0.1) is 5.69 Å². The first-order chi connectivity index (χ1) is 9.47. The van der Waals surface area contributed by atoms with E-state index in [1.807, 2.05) is 6.07 Å². The number of fused-ring (bicyclic) bond motifs is 1. The van der Waals surface area contributed by atoms with Gasteiger partial charge < -0.3 is 15.0 Å². The van der Waals surface area contributed by atoms with Crippen LogP contribution in [-0.4, -0.2) is 31.6 Å². The van der Waals surface area contributed by atoms with Crippen molar-refractivity contribution in [2.45, 2.75) is 26.8 Å². The van der Waals surface area contributed by atoms with E-state index in [-0.39, 0.29) is 12.5 Å². The fourth-order valence-corrected chi connectivity index (χ4v) is 2.35. The van der Waals surface area contributed by atoms with Crippen molar-refractivity contribution in [2.24, 2.45) is 5.92 Å². The van der Waals surface area contributed by atoms with Crippen molar-refractivity contribution in [3.05, 3.63) is 23.2 Å². The third-order valence-corrected chi connectivity index (χ3v) is 3.47. The molecule has 0 saturated heterocycles. The molecule has 20 heavy (non-hydrogen) atoms. The van der Waals surface area contributed by atoms with Gasteiger partial charge in [0, 0.05) is 17.6 Å². The Bertz CT molecular complexity index is 491. The second kappa shape index (κ2) is 6.46. The summed E-state index contributed by atoms with van der Waals surface area (Å²) in [5.41, 5.74) is 0.769. The van der Waals surface area contributed by atoms with E-state index in [1.54, 1.807) is 17.0 Å². The molecule has 0 aliphatic carbocycles. The molecule has 1 aromatic rings. The molecule has 1 N–H and O–H groups in total. The Balaban J connectivity index is 2.11. The summed E-state index contributed by atoms with van der Waals surface area (Å²) in [6.07, 6.45) is 0. The molecule has 5 heteroatoms. The molecule has 1 aliphatic heterocycles. The van der Waals surface area contributed by atoms with Crippen LogP contribution in [0, 0.1) is 5.92 Å². The molecule has 1 heterocycles. The summed E-state index contributed by atoms with van der Waals surface area (Å²) in [7, 11) is 0. The average molecular weight is 297 g/mol. The molecular formula is C15H21ClN2O2. The van der Waals surface area contributed by atoms with Crippen LogP contribution in [0.3, 0.4) is 0 Å². The van der Waals surface area contributed by atoms with Gasteiger partial charge in [0.2, 0.25) is 0 Å². The van der Waals surface area contributed by atoms with E-state index in [1.165, 1.54) is 0 Å². The van der Waals surface area contributed by atoms with Crippen LogP contribution in [0.25, 0.3) is 0 Å². The van der Waals surface area contributed by atoms with Gasteiger partial charge in [0.1, 0.15) is 5.75 Å². The zero-order chi connectivity index (χ0) is 14.7. The highest BCUT2D eigenvalue weighted by atomic mass is 35.5. The molecule has 1 unspecified atom stereocenters. The molecule has 2 rings (SSSR count). The van der Waals surface area contributed by atoms with E-state index in [4.69, 9.17) is 16.3 Å². The van der Waals surface area contributed by atoms with E-state index < -0.39 is 0 Å². The van der Waals surface area contributed by atoms with Crippen molar-refractivity contribution in [3.8, 4) is 5.75 Å². The number of halogens is 1. The molecule has 1 aliphatic rings. The van der Waals surface area contributed by atoms with Crippen molar-refractivity contribution in [3.63, 3.8) is 0 Å². The molecule has 0 aromatic heterocycles. The molecule has 1 atom stereocenters. The molecule has 1 amide bonds. The topological polar surface area (TPSA) is 41.6 Å². The van der Waals surface area contributed by atoms with Crippen LogP contribution in [0.1, 0.15) is 20.8 Å². The Kier molecular flexibility index (Phi) is 4.89. The summed E-state index contributed by atoms with van der Waals surface area (Å²) in [5, 5.41) is 4.00. The van der Waals surface area contributed by atoms with Gasteiger partial charge >= 0.3 is 0 Å². The average Bonchev–Trinajstić information content (AvgIpc) is 2.40.